The van der Waals surface area contributed by atoms with Crippen LogP contribution in [-0.2, 0) is 28.7 Å². The lowest BCUT2D eigenvalue weighted by Gasteiger charge is -2.27. The van der Waals surface area contributed by atoms with Crippen LogP contribution in [0.4, 0.5) is 22.0 Å². The second-order valence-electron chi connectivity index (χ2n) is 12.4. The van der Waals surface area contributed by atoms with Crippen molar-refractivity contribution in [2.75, 3.05) is 0 Å². The highest BCUT2D eigenvalue weighted by molar-refractivity contribution is 5.82. The summed E-state index contributed by atoms with van der Waals surface area (Å²) in [7, 11) is 0. The smallest absolute Gasteiger partial charge is 0.416 e. The van der Waals surface area contributed by atoms with Crippen LogP contribution in [0.3, 0.4) is 0 Å². The van der Waals surface area contributed by atoms with Crippen molar-refractivity contribution in [2.24, 2.45) is 5.92 Å². The minimum Gasteiger partial charge on any atom is -0.481 e. The number of carboxylic acids is 1. The lowest BCUT2D eigenvalue weighted by molar-refractivity contribution is -0.139. The number of aryl methyl sites for hydroxylation is 5. The van der Waals surface area contributed by atoms with Gasteiger partial charge in [-0.1, -0.05) is 13.8 Å². The molecule has 48 heavy (non-hydrogen) atoms. The number of carboxylic acid groups (broad SMARTS) is 1. The van der Waals surface area contributed by atoms with E-state index in [4.69, 9.17) is 0 Å². The molecule has 2 atom stereocenters. The third-order valence-electron chi connectivity index (χ3n) is 8.11. The first-order chi connectivity index (χ1) is 22.5. The Balaban J connectivity index is 1.79. The normalized spacial score (nSPS) is 13.1. The number of carbonyl (C=O) groups excluding carboxylic acids is 1. The predicted molar refractivity (Wildman–Crippen MR) is 169 cm³/mol. The van der Waals surface area contributed by atoms with E-state index in [-0.39, 0.29) is 42.0 Å². The second kappa shape index (κ2) is 14.5. The van der Waals surface area contributed by atoms with Crippen molar-refractivity contribution < 1.29 is 36.6 Å². The number of aliphatic carboxylic acids is 1. The maximum atomic E-state index is 15.7. The maximum Gasteiger partial charge on any atom is 0.416 e. The largest absolute Gasteiger partial charge is 0.481 e. The SMILES string of the molecule is Cc1cc(-c2c(C)cc(F)cc2C)cc([C@@H](CC(=O)O)NC(=O)[C@H](CC(C)C)n2cc(CCn3cccn3)c(C(F)(F)F)cc2=O)c1F. The molecule has 8 nitrogen and oxygen atoms in total. The molecule has 4 rings (SSSR count). The average molecular weight is 673 g/mol. The van der Waals surface area contributed by atoms with Crippen molar-refractivity contribution >= 4 is 11.9 Å². The van der Waals surface area contributed by atoms with E-state index in [1.54, 1.807) is 46.0 Å². The van der Waals surface area contributed by atoms with E-state index in [1.807, 2.05) is 0 Å². The first-order valence-electron chi connectivity index (χ1n) is 15.3. The molecule has 0 spiro atoms. The van der Waals surface area contributed by atoms with Crippen LogP contribution in [0.2, 0.25) is 0 Å². The van der Waals surface area contributed by atoms with Gasteiger partial charge >= 0.3 is 12.1 Å². The molecular weight excluding hydrogens is 635 g/mol. The molecule has 2 N–H and O–H groups in total. The Kier molecular flexibility index (Phi) is 10.9. The van der Waals surface area contributed by atoms with Crippen molar-refractivity contribution in [1.29, 1.82) is 0 Å². The Bertz CT molecular complexity index is 1840. The number of carbonyl (C=O) groups is 2. The van der Waals surface area contributed by atoms with Gasteiger partial charge < -0.3 is 15.0 Å². The molecule has 0 fully saturated rings. The summed E-state index contributed by atoms with van der Waals surface area (Å²) in [6.45, 7) is 8.41. The third kappa shape index (κ3) is 8.36. The topological polar surface area (TPSA) is 106 Å². The standard InChI is InChI=1S/C35H37F5N4O4/c1-19(2)11-29(44-18-23(7-10-43-9-6-8-41-43)27(16-30(44)45)35(38,39)40)34(48)42-28(17-31(46)47)26-15-24(12-22(5)33(26)37)32-20(3)13-25(36)14-21(32)4/h6,8-9,12-16,18-19,28-29H,7,10-11,17H2,1-5H3,(H,42,48)(H,46,47)/t28-,29+/m1/s1. The first-order valence-corrected chi connectivity index (χ1v) is 15.3. The van der Waals surface area contributed by atoms with Gasteiger partial charge in [0.2, 0.25) is 5.91 Å². The summed E-state index contributed by atoms with van der Waals surface area (Å²) in [6.07, 6.45) is -1.67. The Morgan fingerprint density at radius 2 is 1.67 bits per heavy atom. The number of benzene rings is 2. The molecular formula is C35H37F5N4O4. The van der Waals surface area contributed by atoms with Crippen molar-refractivity contribution in [1.82, 2.24) is 19.7 Å². The van der Waals surface area contributed by atoms with Crippen molar-refractivity contribution in [2.45, 2.75) is 78.7 Å². The molecule has 0 bridgehead atoms. The van der Waals surface area contributed by atoms with E-state index < -0.39 is 59.3 Å². The third-order valence-corrected chi connectivity index (χ3v) is 8.11. The van der Waals surface area contributed by atoms with Gasteiger partial charge in [-0.05, 0) is 103 Å². The maximum absolute atomic E-state index is 15.7. The van der Waals surface area contributed by atoms with E-state index in [0.29, 0.717) is 28.3 Å². The lowest BCUT2D eigenvalue weighted by atomic mass is 9.90. The fourth-order valence-electron chi connectivity index (χ4n) is 6.00. The highest BCUT2D eigenvalue weighted by Crippen LogP contribution is 2.35. The Labute approximate surface area is 274 Å². The molecule has 2 heterocycles. The van der Waals surface area contributed by atoms with Crippen LogP contribution in [0.15, 0.2) is 59.8 Å². The summed E-state index contributed by atoms with van der Waals surface area (Å²) in [5, 5.41) is 16.4. The van der Waals surface area contributed by atoms with Crippen molar-refractivity contribution in [3.63, 3.8) is 0 Å². The fraction of sp³-hybridized carbons (Fsp3) is 0.371. The van der Waals surface area contributed by atoms with E-state index in [0.717, 1.165) is 10.8 Å². The summed E-state index contributed by atoms with van der Waals surface area (Å²) in [6, 6.07) is 4.87. The Hall–Kier alpha value is -4.81. The molecule has 256 valence electrons. The molecule has 2 aromatic heterocycles. The zero-order chi connectivity index (χ0) is 35.5. The van der Waals surface area contributed by atoms with Gasteiger partial charge in [-0.3, -0.25) is 19.1 Å². The molecule has 4 aromatic rings. The molecule has 0 radical (unpaired) electrons. The number of nitrogens with one attached hydrogen (secondary N) is 1. The first kappa shape index (κ1) is 36.0. The quantitative estimate of drug-likeness (QED) is 0.156. The number of aromatic nitrogens is 3. The summed E-state index contributed by atoms with van der Waals surface area (Å²) in [5.74, 6) is -3.68. The van der Waals surface area contributed by atoms with Crippen LogP contribution in [0.1, 0.15) is 72.2 Å². The Morgan fingerprint density at radius 3 is 2.23 bits per heavy atom. The summed E-state index contributed by atoms with van der Waals surface area (Å²) in [4.78, 5) is 39.2. The molecule has 13 heteroatoms. The molecule has 0 saturated heterocycles. The zero-order valence-electron chi connectivity index (χ0n) is 27.2. The van der Waals surface area contributed by atoms with Gasteiger partial charge in [0, 0.05) is 36.8 Å². The number of rotatable bonds is 12. The molecule has 0 aliphatic carbocycles. The van der Waals surface area contributed by atoms with Gasteiger partial charge in [0.1, 0.15) is 17.7 Å². The molecule has 0 saturated carbocycles. The summed E-state index contributed by atoms with van der Waals surface area (Å²) >= 11 is 0. The van der Waals surface area contributed by atoms with E-state index >= 15 is 4.39 Å². The average Bonchev–Trinajstić information content (AvgIpc) is 3.49. The van der Waals surface area contributed by atoms with E-state index in [1.165, 1.54) is 36.0 Å². The number of hydrogen-bond acceptors (Lipinski definition) is 4. The number of nitrogens with zero attached hydrogens (tertiary/aromatic N) is 3. The van der Waals surface area contributed by atoms with E-state index in [2.05, 4.69) is 10.4 Å². The minimum atomic E-state index is -4.85. The second-order valence-corrected chi connectivity index (χ2v) is 12.4. The minimum absolute atomic E-state index is 0.00497. The van der Waals surface area contributed by atoms with Crippen LogP contribution in [0, 0.1) is 38.3 Å². The summed E-state index contributed by atoms with van der Waals surface area (Å²) < 4.78 is 74.2. The van der Waals surface area contributed by atoms with Crippen LogP contribution in [-0.4, -0.2) is 31.3 Å². The van der Waals surface area contributed by atoms with Crippen LogP contribution >= 0.6 is 0 Å². The fourth-order valence-corrected chi connectivity index (χ4v) is 6.00. The monoisotopic (exact) mass is 672 g/mol. The van der Waals surface area contributed by atoms with Crippen molar-refractivity contribution in [3.05, 3.63) is 110 Å². The number of amides is 1. The lowest BCUT2D eigenvalue weighted by Crippen LogP contribution is -2.41. The molecule has 2 aromatic carbocycles. The van der Waals surface area contributed by atoms with Crippen LogP contribution in [0.25, 0.3) is 11.1 Å². The molecule has 0 aliphatic heterocycles. The van der Waals surface area contributed by atoms with Crippen molar-refractivity contribution in [3.8, 4) is 11.1 Å². The van der Waals surface area contributed by atoms with Gasteiger partial charge in [0.25, 0.3) is 5.56 Å². The zero-order valence-corrected chi connectivity index (χ0v) is 27.2. The van der Waals surface area contributed by atoms with Gasteiger partial charge in [-0.15, -0.1) is 0 Å². The number of alkyl halides is 3. The number of halogens is 5. The molecule has 0 unspecified atom stereocenters. The predicted octanol–water partition coefficient (Wildman–Crippen LogP) is 7.10. The summed E-state index contributed by atoms with van der Waals surface area (Å²) in [5.41, 5.74) is -0.241. The number of hydrogen-bond donors (Lipinski definition) is 2. The van der Waals surface area contributed by atoms with Crippen LogP contribution < -0.4 is 10.9 Å². The van der Waals surface area contributed by atoms with Gasteiger partial charge in [0.05, 0.1) is 18.0 Å². The highest BCUT2D eigenvalue weighted by atomic mass is 19.4. The van der Waals surface area contributed by atoms with Gasteiger partial charge in [0.15, 0.2) is 0 Å². The van der Waals surface area contributed by atoms with E-state index in [9.17, 15) is 37.1 Å². The van der Waals surface area contributed by atoms with Gasteiger partial charge in [-0.25, -0.2) is 8.78 Å². The van der Waals surface area contributed by atoms with Crippen LogP contribution in [0.5, 0.6) is 0 Å². The molecule has 0 aliphatic rings. The Morgan fingerprint density at radius 1 is 1.00 bits per heavy atom. The molecule has 1 amide bonds. The number of pyridine rings is 1. The van der Waals surface area contributed by atoms with Gasteiger partial charge in [-0.2, -0.15) is 18.3 Å². The highest BCUT2D eigenvalue weighted by Gasteiger charge is 2.36.